The lowest BCUT2D eigenvalue weighted by molar-refractivity contribution is 0.0922. The Labute approximate surface area is 152 Å². The van der Waals surface area contributed by atoms with Crippen LogP contribution in [-0.2, 0) is 0 Å². The Balaban J connectivity index is 1.95. The first-order valence-corrected chi connectivity index (χ1v) is 9.71. The minimum atomic E-state index is -0.416. The fraction of sp³-hybridized carbons (Fsp3) is 0.591. The van der Waals surface area contributed by atoms with Gasteiger partial charge in [0.05, 0.1) is 6.04 Å². The largest absolute Gasteiger partial charge is 0.511 e. The number of carbonyl (C=O) groups is 1. The molecule has 2 rings (SSSR count). The van der Waals surface area contributed by atoms with Gasteiger partial charge in [-0.1, -0.05) is 52.3 Å². The van der Waals surface area contributed by atoms with Crippen LogP contribution in [0.2, 0.25) is 0 Å². The van der Waals surface area contributed by atoms with E-state index in [0.29, 0.717) is 11.5 Å². The molecule has 1 aromatic rings. The summed E-state index contributed by atoms with van der Waals surface area (Å²) < 4.78 is 0. The van der Waals surface area contributed by atoms with E-state index in [2.05, 4.69) is 31.0 Å². The Kier molecular flexibility index (Phi) is 7.10. The van der Waals surface area contributed by atoms with Gasteiger partial charge in [0.2, 0.25) is 0 Å². The van der Waals surface area contributed by atoms with E-state index in [0.717, 1.165) is 5.92 Å². The molecule has 1 fully saturated rings. The molecule has 0 radical (unpaired) electrons. The average Bonchev–Trinajstić information content (AvgIpc) is 2.60. The maximum Gasteiger partial charge on any atom is 0.251 e. The fourth-order valence-electron chi connectivity index (χ4n) is 3.96. The lowest BCUT2D eigenvalue weighted by Crippen LogP contribution is -2.39. The van der Waals surface area contributed by atoms with Crippen LogP contribution in [0.25, 0.3) is 0 Å². The third kappa shape index (κ3) is 5.35. The molecular weight excluding hydrogens is 310 g/mol. The molecule has 1 aliphatic carbocycles. The molecule has 0 saturated heterocycles. The molecule has 25 heavy (non-hydrogen) atoms. The number of amides is 1. The highest BCUT2D eigenvalue weighted by atomic mass is 16.3. The molecular formula is C22H33NO2. The first kappa shape index (κ1) is 19.6. The predicted molar refractivity (Wildman–Crippen MR) is 104 cm³/mol. The van der Waals surface area contributed by atoms with Crippen molar-refractivity contribution in [1.29, 1.82) is 0 Å². The molecule has 0 aromatic heterocycles. The summed E-state index contributed by atoms with van der Waals surface area (Å²) in [6.45, 7) is 9.73. The summed E-state index contributed by atoms with van der Waals surface area (Å²) in [6.07, 6.45) is 7.83. The predicted octanol–water partition coefficient (Wildman–Crippen LogP) is 5.59. The molecule has 1 atom stereocenters. The van der Waals surface area contributed by atoms with Crippen molar-refractivity contribution in [2.24, 2.45) is 11.8 Å². The van der Waals surface area contributed by atoms with E-state index >= 15 is 0 Å². The maximum atomic E-state index is 12.4. The van der Waals surface area contributed by atoms with Crippen molar-refractivity contribution in [3.63, 3.8) is 0 Å². The summed E-state index contributed by atoms with van der Waals surface area (Å²) in [7, 11) is 0. The van der Waals surface area contributed by atoms with E-state index in [9.17, 15) is 9.90 Å². The molecule has 0 aliphatic heterocycles. The third-order valence-electron chi connectivity index (χ3n) is 5.50. The molecule has 2 N–H and O–H groups in total. The minimum Gasteiger partial charge on any atom is -0.511 e. The lowest BCUT2D eigenvalue weighted by atomic mass is 9.77. The summed E-state index contributed by atoms with van der Waals surface area (Å²) in [5, 5.41) is 12.5. The topological polar surface area (TPSA) is 49.3 Å². The van der Waals surface area contributed by atoms with Gasteiger partial charge in [-0.3, -0.25) is 4.79 Å². The first-order valence-electron chi connectivity index (χ1n) is 9.71. The van der Waals surface area contributed by atoms with E-state index in [4.69, 9.17) is 0 Å². The summed E-state index contributed by atoms with van der Waals surface area (Å²) >= 11 is 0. The van der Waals surface area contributed by atoms with Crippen LogP contribution in [-0.4, -0.2) is 17.1 Å². The average molecular weight is 344 g/mol. The number of aliphatic hydroxyl groups is 1. The molecule has 1 amide bonds. The second kappa shape index (κ2) is 9.07. The zero-order valence-corrected chi connectivity index (χ0v) is 15.9. The summed E-state index contributed by atoms with van der Waals surface area (Å²) in [6, 6.07) is 7.58. The lowest BCUT2D eigenvalue weighted by Gasteiger charge is -2.28. The molecule has 3 heteroatoms. The van der Waals surface area contributed by atoms with Gasteiger partial charge in [-0.05, 0) is 61.1 Å². The van der Waals surface area contributed by atoms with Crippen LogP contribution < -0.4 is 5.32 Å². The van der Waals surface area contributed by atoms with E-state index in [1.54, 1.807) is 0 Å². The molecule has 0 heterocycles. The zero-order chi connectivity index (χ0) is 18.4. The molecule has 1 saturated carbocycles. The highest BCUT2D eigenvalue weighted by molar-refractivity contribution is 5.94. The van der Waals surface area contributed by atoms with E-state index < -0.39 is 6.04 Å². The molecule has 138 valence electrons. The van der Waals surface area contributed by atoms with Crippen molar-refractivity contribution in [3.05, 3.63) is 47.7 Å². The number of hydrogen-bond donors (Lipinski definition) is 2. The van der Waals surface area contributed by atoms with E-state index in [1.165, 1.54) is 44.1 Å². The van der Waals surface area contributed by atoms with Gasteiger partial charge in [0, 0.05) is 5.56 Å². The highest BCUT2D eigenvalue weighted by Crippen LogP contribution is 2.37. The van der Waals surface area contributed by atoms with Gasteiger partial charge < -0.3 is 10.4 Å². The van der Waals surface area contributed by atoms with Gasteiger partial charge in [-0.15, -0.1) is 0 Å². The van der Waals surface area contributed by atoms with Gasteiger partial charge in [-0.25, -0.2) is 0 Å². The Morgan fingerprint density at radius 1 is 1.20 bits per heavy atom. The second-order valence-corrected chi connectivity index (χ2v) is 7.81. The number of carbonyl (C=O) groups excluding carboxylic acids is 1. The fourth-order valence-corrected chi connectivity index (χ4v) is 3.96. The quantitative estimate of drug-likeness (QED) is 0.634. The van der Waals surface area contributed by atoms with Crippen LogP contribution in [0.3, 0.4) is 0 Å². The number of rotatable bonds is 7. The zero-order valence-electron chi connectivity index (χ0n) is 15.9. The van der Waals surface area contributed by atoms with Crippen molar-refractivity contribution < 1.29 is 9.90 Å². The Bertz CT molecular complexity index is 568. The highest BCUT2D eigenvalue weighted by Gasteiger charge is 2.23. The molecule has 3 nitrogen and oxygen atoms in total. The van der Waals surface area contributed by atoms with Gasteiger partial charge in [0.25, 0.3) is 5.91 Å². The van der Waals surface area contributed by atoms with Crippen LogP contribution in [0.1, 0.15) is 81.1 Å². The molecule has 1 aliphatic rings. The normalized spacial score (nSPS) is 21.8. The molecule has 0 bridgehead atoms. The summed E-state index contributed by atoms with van der Waals surface area (Å²) in [5.41, 5.74) is 1.98. The standard InChI is InChI=1S/C22H33NO2/c1-5-6-17-7-9-18(10-8-17)19-11-13-20(14-12-19)22(25)23-21(15(2)3)16(4)24/h11-15,17-18,21,24H,4-10H2,1-3H3,(H,23,25)/t17?,18?,21-/m0/s1. The van der Waals surface area contributed by atoms with E-state index in [1.807, 2.05) is 26.0 Å². The smallest absolute Gasteiger partial charge is 0.251 e. The molecule has 0 spiro atoms. The third-order valence-corrected chi connectivity index (χ3v) is 5.50. The van der Waals surface area contributed by atoms with Crippen molar-refractivity contribution in [3.8, 4) is 0 Å². The SMILES string of the molecule is C=C(O)[C@@H](NC(=O)c1ccc(C2CCC(CCC)CC2)cc1)C(C)C. The maximum absolute atomic E-state index is 12.4. The Morgan fingerprint density at radius 3 is 2.28 bits per heavy atom. The number of aliphatic hydroxyl groups excluding tert-OH is 1. The van der Waals surface area contributed by atoms with Crippen LogP contribution in [0.4, 0.5) is 0 Å². The number of benzene rings is 1. The van der Waals surface area contributed by atoms with Crippen LogP contribution in [0, 0.1) is 11.8 Å². The number of nitrogens with one attached hydrogen (secondary N) is 1. The summed E-state index contributed by atoms with van der Waals surface area (Å²) in [5.74, 6) is 1.48. The minimum absolute atomic E-state index is 0.00353. The van der Waals surface area contributed by atoms with Gasteiger partial charge in [-0.2, -0.15) is 0 Å². The Hall–Kier alpha value is -1.77. The second-order valence-electron chi connectivity index (χ2n) is 7.81. The first-order chi connectivity index (χ1) is 11.9. The van der Waals surface area contributed by atoms with Crippen molar-refractivity contribution >= 4 is 5.91 Å². The van der Waals surface area contributed by atoms with Gasteiger partial charge in [0.1, 0.15) is 5.76 Å². The monoisotopic (exact) mass is 343 g/mol. The van der Waals surface area contributed by atoms with E-state index in [-0.39, 0.29) is 17.6 Å². The van der Waals surface area contributed by atoms with Crippen molar-refractivity contribution in [2.75, 3.05) is 0 Å². The Morgan fingerprint density at radius 2 is 1.80 bits per heavy atom. The van der Waals surface area contributed by atoms with Crippen LogP contribution in [0.15, 0.2) is 36.6 Å². The number of hydrogen-bond acceptors (Lipinski definition) is 2. The van der Waals surface area contributed by atoms with Crippen LogP contribution in [0.5, 0.6) is 0 Å². The molecule has 1 aromatic carbocycles. The van der Waals surface area contributed by atoms with Crippen molar-refractivity contribution in [1.82, 2.24) is 5.32 Å². The van der Waals surface area contributed by atoms with Gasteiger partial charge in [0.15, 0.2) is 0 Å². The van der Waals surface area contributed by atoms with Crippen LogP contribution >= 0.6 is 0 Å². The van der Waals surface area contributed by atoms with Crippen molar-refractivity contribution in [2.45, 2.75) is 71.3 Å². The summed E-state index contributed by atoms with van der Waals surface area (Å²) in [4.78, 5) is 12.4. The molecule has 0 unspecified atom stereocenters. The van der Waals surface area contributed by atoms with Gasteiger partial charge >= 0.3 is 0 Å².